The number of phenols is 1. The van der Waals surface area contributed by atoms with E-state index in [9.17, 15) is 24.3 Å². The van der Waals surface area contributed by atoms with Crippen LogP contribution in [0.5, 0.6) is 5.75 Å². The lowest BCUT2D eigenvalue weighted by molar-refractivity contribution is -0.142. The molecule has 0 spiro atoms. The molecule has 2 aromatic carbocycles. The fraction of sp³-hybridized carbons (Fsp3) is 0.429. The first kappa shape index (κ1) is 28.5. The lowest BCUT2D eigenvalue weighted by Crippen LogP contribution is -2.54. The van der Waals surface area contributed by atoms with Crippen molar-refractivity contribution in [3.63, 3.8) is 0 Å². The number of alkyl carbamates (subject to hydrolysis) is 1. The fourth-order valence-corrected chi connectivity index (χ4v) is 4.20. The van der Waals surface area contributed by atoms with Gasteiger partial charge in [0.05, 0.1) is 6.42 Å². The molecule has 10 nitrogen and oxygen atoms in total. The molecule has 10 heteroatoms. The van der Waals surface area contributed by atoms with E-state index < -0.39 is 47.9 Å². The van der Waals surface area contributed by atoms with Crippen LogP contribution in [0.3, 0.4) is 0 Å². The maximum atomic E-state index is 14.0. The van der Waals surface area contributed by atoms with E-state index in [4.69, 9.17) is 10.5 Å². The average molecular weight is 525 g/mol. The Balaban J connectivity index is 2.01. The minimum atomic E-state index is -1.34. The Morgan fingerprint density at radius 2 is 1.63 bits per heavy atom. The number of rotatable bonds is 9. The number of aryl methyl sites for hydroxylation is 2. The SMILES string of the molecule is Cc1cccc(C)c1NC(=O)C(c1ccc(O)cc1)N(C(=O)C(CC(N)=O)NC(=O)OC(C)(C)C)C1CC1. The van der Waals surface area contributed by atoms with Crippen molar-refractivity contribution in [2.75, 3.05) is 5.32 Å². The first-order valence-corrected chi connectivity index (χ1v) is 12.5. The number of amides is 4. The Labute approximate surface area is 222 Å². The Morgan fingerprint density at radius 3 is 2.13 bits per heavy atom. The van der Waals surface area contributed by atoms with Crippen molar-refractivity contribution < 1.29 is 29.0 Å². The van der Waals surface area contributed by atoms with Gasteiger partial charge >= 0.3 is 6.09 Å². The first-order valence-electron chi connectivity index (χ1n) is 12.5. The van der Waals surface area contributed by atoms with E-state index in [1.165, 1.54) is 17.0 Å². The molecule has 0 heterocycles. The molecule has 1 aliphatic rings. The van der Waals surface area contributed by atoms with Gasteiger partial charge in [-0.2, -0.15) is 0 Å². The number of hydrogen-bond donors (Lipinski definition) is 4. The molecule has 204 valence electrons. The van der Waals surface area contributed by atoms with Crippen molar-refractivity contribution in [1.82, 2.24) is 10.2 Å². The van der Waals surface area contributed by atoms with Crippen molar-refractivity contribution in [2.24, 2.45) is 5.73 Å². The number of carbonyl (C=O) groups excluding carboxylic acids is 4. The second-order valence-corrected chi connectivity index (χ2v) is 10.6. The normalized spacial score (nSPS) is 14.7. The highest BCUT2D eigenvalue weighted by atomic mass is 16.6. The highest BCUT2D eigenvalue weighted by Gasteiger charge is 2.44. The number of primary amides is 1. The third-order valence-electron chi connectivity index (χ3n) is 6.05. The molecule has 0 aromatic heterocycles. The van der Waals surface area contributed by atoms with E-state index in [0.717, 1.165) is 11.1 Å². The maximum Gasteiger partial charge on any atom is 0.408 e. The molecule has 4 amide bonds. The number of hydrogen-bond acceptors (Lipinski definition) is 6. The van der Waals surface area contributed by atoms with Crippen molar-refractivity contribution in [1.29, 1.82) is 0 Å². The quantitative estimate of drug-likeness (QED) is 0.394. The van der Waals surface area contributed by atoms with Crippen molar-refractivity contribution in [3.05, 3.63) is 59.2 Å². The van der Waals surface area contributed by atoms with E-state index in [0.29, 0.717) is 24.1 Å². The maximum absolute atomic E-state index is 14.0. The molecule has 5 N–H and O–H groups in total. The number of para-hydroxylation sites is 1. The predicted molar refractivity (Wildman–Crippen MR) is 142 cm³/mol. The lowest BCUT2D eigenvalue weighted by Gasteiger charge is -2.34. The van der Waals surface area contributed by atoms with Gasteiger partial charge in [0.25, 0.3) is 5.91 Å². The third kappa shape index (κ3) is 7.47. The summed E-state index contributed by atoms with van der Waals surface area (Å²) in [5.41, 5.74) is 7.38. The number of nitrogens with two attached hydrogens (primary N) is 1. The van der Waals surface area contributed by atoms with E-state index >= 15 is 0 Å². The van der Waals surface area contributed by atoms with Gasteiger partial charge in [0, 0.05) is 11.7 Å². The van der Waals surface area contributed by atoms with Gasteiger partial charge in [-0.05, 0) is 76.3 Å². The summed E-state index contributed by atoms with van der Waals surface area (Å²) in [6, 6.07) is 8.89. The molecule has 0 bridgehead atoms. The van der Waals surface area contributed by atoms with Crippen LogP contribution in [0.2, 0.25) is 0 Å². The number of ether oxygens (including phenoxy) is 1. The number of nitrogens with zero attached hydrogens (tertiary/aromatic N) is 1. The van der Waals surface area contributed by atoms with Crippen LogP contribution in [0.4, 0.5) is 10.5 Å². The molecule has 0 aliphatic heterocycles. The molecule has 3 rings (SSSR count). The first-order chi connectivity index (χ1) is 17.8. The molecule has 2 aromatic rings. The zero-order valence-corrected chi connectivity index (χ0v) is 22.4. The highest BCUT2D eigenvalue weighted by Crippen LogP contribution is 2.37. The molecule has 2 atom stereocenters. The van der Waals surface area contributed by atoms with Crippen molar-refractivity contribution in [3.8, 4) is 5.75 Å². The Bertz CT molecular complexity index is 1180. The number of anilines is 1. The summed E-state index contributed by atoms with van der Waals surface area (Å²) in [5, 5.41) is 15.3. The molecule has 1 aliphatic carbocycles. The van der Waals surface area contributed by atoms with Gasteiger partial charge in [-0.15, -0.1) is 0 Å². The third-order valence-corrected chi connectivity index (χ3v) is 6.05. The van der Waals surface area contributed by atoms with Crippen LogP contribution < -0.4 is 16.4 Å². The van der Waals surface area contributed by atoms with Gasteiger partial charge in [0.15, 0.2) is 0 Å². The van der Waals surface area contributed by atoms with Crippen LogP contribution in [0, 0.1) is 13.8 Å². The van der Waals surface area contributed by atoms with Crippen molar-refractivity contribution in [2.45, 2.75) is 77.6 Å². The summed E-state index contributed by atoms with van der Waals surface area (Å²) >= 11 is 0. The zero-order valence-electron chi connectivity index (χ0n) is 22.4. The number of carbonyl (C=O) groups is 4. The van der Waals surface area contributed by atoms with Crippen LogP contribution in [0.25, 0.3) is 0 Å². The molecule has 1 fully saturated rings. The fourth-order valence-electron chi connectivity index (χ4n) is 4.20. The predicted octanol–water partition coefficient (Wildman–Crippen LogP) is 3.45. The molecule has 1 saturated carbocycles. The van der Waals surface area contributed by atoms with Crippen molar-refractivity contribution >= 4 is 29.5 Å². The number of benzene rings is 2. The lowest BCUT2D eigenvalue weighted by atomic mass is 10.0. The minimum Gasteiger partial charge on any atom is -0.508 e. The number of aromatic hydroxyl groups is 1. The smallest absolute Gasteiger partial charge is 0.408 e. The molecule has 0 saturated heterocycles. The van der Waals surface area contributed by atoms with Gasteiger partial charge in [-0.1, -0.05) is 30.3 Å². The van der Waals surface area contributed by atoms with E-state index in [2.05, 4.69) is 10.6 Å². The Kier molecular flexibility index (Phi) is 8.65. The van der Waals surface area contributed by atoms with Crippen LogP contribution >= 0.6 is 0 Å². The van der Waals surface area contributed by atoms with Crippen LogP contribution in [0.15, 0.2) is 42.5 Å². The molecule has 2 unspecified atom stereocenters. The number of nitrogens with one attached hydrogen (secondary N) is 2. The highest BCUT2D eigenvalue weighted by molar-refractivity contribution is 6.00. The second-order valence-electron chi connectivity index (χ2n) is 10.6. The molecular formula is C28H36N4O6. The number of phenolic OH excluding ortho intramolecular Hbond substituents is 1. The standard InChI is InChI=1S/C28H36N4O6/c1-16-7-6-8-17(2)23(16)31-25(35)24(18-9-13-20(33)14-10-18)32(19-11-12-19)26(36)21(15-22(29)34)30-27(37)38-28(3,4)5/h6-10,13-14,19,21,24,33H,11-12,15H2,1-5H3,(H2,29,34)(H,30,37)(H,31,35). The van der Waals surface area contributed by atoms with Crippen LogP contribution in [-0.2, 0) is 19.1 Å². The van der Waals surface area contributed by atoms with Crippen LogP contribution in [0.1, 0.15) is 62.8 Å². The van der Waals surface area contributed by atoms with E-state index in [-0.39, 0.29) is 11.8 Å². The second kappa shape index (κ2) is 11.5. The topological polar surface area (TPSA) is 151 Å². The van der Waals surface area contributed by atoms with E-state index in [1.807, 2.05) is 32.0 Å². The molecule has 38 heavy (non-hydrogen) atoms. The van der Waals surface area contributed by atoms with E-state index in [1.54, 1.807) is 32.9 Å². The Hall–Kier alpha value is -4.08. The molecule has 0 radical (unpaired) electrons. The Morgan fingerprint density at radius 1 is 1.05 bits per heavy atom. The van der Waals surface area contributed by atoms with Crippen LogP contribution in [-0.4, -0.2) is 51.5 Å². The summed E-state index contributed by atoms with van der Waals surface area (Å²) in [6.45, 7) is 8.76. The summed E-state index contributed by atoms with van der Waals surface area (Å²) in [4.78, 5) is 53.6. The summed E-state index contributed by atoms with van der Waals surface area (Å²) < 4.78 is 5.29. The van der Waals surface area contributed by atoms with Gasteiger partial charge in [-0.25, -0.2) is 4.79 Å². The van der Waals surface area contributed by atoms with Gasteiger partial charge in [0.2, 0.25) is 11.8 Å². The zero-order chi connectivity index (χ0) is 28.2. The summed E-state index contributed by atoms with van der Waals surface area (Å²) in [6.07, 6.45) is -0.0595. The summed E-state index contributed by atoms with van der Waals surface area (Å²) in [7, 11) is 0. The van der Waals surface area contributed by atoms with Gasteiger partial charge < -0.3 is 31.1 Å². The summed E-state index contributed by atoms with van der Waals surface area (Å²) in [5.74, 6) is -1.89. The molecular weight excluding hydrogens is 488 g/mol. The largest absolute Gasteiger partial charge is 0.508 e. The minimum absolute atomic E-state index is 0.00477. The monoisotopic (exact) mass is 524 g/mol. The van der Waals surface area contributed by atoms with Gasteiger partial charge in [-0.3, -0.25) is 14.4 Å². The average Bonchev–Trinajstić information content (AvgIpc) is 3.63. The van der Waals surface area contributed by atoms with Gasteiger partial charge in [0.1, 0.15) is 23.4 Å².